The van der Waals surface area contributed by atoms with Crippen molar-refractivity contribution in [1.29, 1.82) is 0 Å². The van der Waals surface area contributed by atoms with Crippen LogP contribution in [-0.4, -0.2) is 37.5 Å². The summed E-state index contributed by atoms with van der Waals surface area (Å²) in [5.41, 5.74) is 0. The SMILES string of the molecule is CCOC(COC)C(=O)O. The van der Waals surface area contributed by atoms with Crippen molar-refractivity contribution in [1.82, 2.24) is 0 Å². The molecule has 0 aromatic rings. The molecule has 60 valence electrons. The van der Waals surface area contributed by atoms with E-state index in [9.17, 15) is 4.79 Å². The Kier molecular flexibility index (Phi) is 4.88. The molecule has 4 heteroatoms. The first-order valence-corrected chi connectivity index (χ1v) is 3.05. The third-order valence-electron chi connectivity index (χ3n) is 0.961. The standard InChI is InChI=1S/C6H12O4/c1-3-10-5(4-9-2)6(7)8/h5H,3-4H2,1-2H3,(H,7,8). The first-order chi connectivity index (χ1) is 4.72. The Bertz CT molecular complexity index is 95.9. The van der Waals surface area contributed by atoms with Crippen LogP contribution in [0.2, 0.25) is 0 Å². The fourth-order valence-corrected chi connectivity index (χ4v) is 0.543. The van der Waals surface area contributed by atoms with Gasteiger partial charge in [-0.2, -0.15) is 0 Å². The van der Waals surface area contributed by atoms with Crippen LogP contribution in [0.15, 0.2) is 0 Å². The minimum atomic E-state index is -0.983. The van der Waals surface area contributed by atoms with Gasteiger partial charge in [0.2, 0.25) is 0 Å². The van der Waals surface area contributed by atoms with Crippen LogP contribution in [0.25, 0.3) is 0 Å². The lowest BCUT2D eigenvalue weighted by Crippen LogP contribution is -2.28. The Morgan fingerprint density at radius 3 is 2.60 bits per heavy atom. The molecule has 0 amide bonds. The van der Waals surface area contributed by atoms with E-state index in [1.54, 1.807) is 6.92 Å². The van der Waals surface area contributed by atoms with Crippen LogP contribution in [0.3, 0.4) is 0 Å². The maximum atomic E-state index is 10.3. The quantitative estimate of drug-likeness (QED) is 0.601. The van der Waals surface area contributed by atoms with E-state index in [1.165, 1.54) is 7.11 Å². The number of methoxy groups -OCH3 is 1. The maximum Gasteiger partial charge on any atom is 0.335 e. The van der Waals surface area contributed by atoms with Crippen LogP contribution in [0.1, 0.15) is 6.92 Å². The Balaban J connectivity index is 3.61. The number of rotatable bonds is 5. The highest BCUT2D eigenvalue weighted by Gasteiger charge is 2.15. The summed E-state index contributed by atoms with van der Waals surface area (Å²) in [6.07, 6.45) is -0.824. The Morgan fingerprint density at radius 1 is 1.70 bits per heavy atom. The number of carbonyl (C=O) groups is 1. The van der Waals surface area contributed by atoms with Crippen molar-refractivity contribution >= 4 is 5.97 Å². The van der Waals surface area contributed by atoms with Crippen LogP contribution < -0.4 is 0 Å². The smallest absolute Gasteiger partial charge is 0.335 e. The van der Waals surface area contributed by atoms with E-state index in [2.05, 4.69) is 4.74 Å². The van der Waals surface area contributed by atoms with Crippen LogP contribution in [0, 0.1) is 0 Å². The first kappa shape index (κ1) is 9.39. The highest BCUT2D eigenvalue weighted by Crippen LogP contribution is 1.91. The van der Waals surface area contributed by atoms with E-state index < -0.39 is 12.1 Å². The molecule has 0 heterocycles. The Hall–Kier alpha value is -0.610. The van der Waals surface area contributed by atoms with Crippen molar-refractivity contribution in [2.45, 2.75) is 13.0 Å². The molecule has 10 heavy (non-hydrogen) atoms. The molecular weight excluding hydrogens is 136 g/mol. The van der Waals surface area contributed by atoms with Crippen molar-refractivity contribution in [3.05, 3.63) is 0 Å². The summed E-state index contributed by atoms with van der Waals surface area (Å²) in [7, 11) is 1.44. The number of carboxylic acids is 1. The van der Waals surface area contributed by atoms with Gasteiger partial charge in [0, 0.05) is 13.7 Å². The number of aliphatic carboxylic acids is 1. The summed E-state index contributed by atoms with van der Waals surface area (Å²) in [5.74, 6) is -0.983. The largest absolute Gasteiger partial charge is 0.479 e. The average Bonchev–Trinajstić information content (AvgIpc) is 1.87. The highest BCUT2D eigenvalue weighted by molar-refractivity contribution is 5.72. The van der Waals surface area contributed by atoms with Crippen molar-refractivity contribution in [3.63, 3.8) is 0 Å². The lowest BCUT2D eigenvalue weighted by Gasteiger charge is -2.09. The van der Waals surface area contributed by atoms with Gasteiger partial charge in [0.1, 0.15) is 0 Å². The summed E-state index contributed by atoms with van der Waals surface area (Å²) in [6, 6.07) is 0. The molecule has 0 saturated heterocycles. The fourth-order valence-electron chi connectivity index (χ4n) is 0.543. The molecule has 0 rings (SSSR count). The third-order valence-corrected chi connectivity index (χ3v) is 0.961. The van der Waals surface area contributed by atoms with Crippen LogP contribution in [0.5, 0.6) is 0 Å². The molecule has 0 fully saturated rings. The van der Waals surface area contributed by atoms with Gasteiger partial charge in [-0.05, 0) is 6.92 Å². The van der Waals surface area contributed by atoms with Gasteiger partial charge in [0.25, 0.3) is 0 Å². The van der Waals surface area contributed by atoms with Gasteiger partial charge in [-0.15, -0.1) is 0 Å². The van der Waals surface area contributed by atoms with Gasteiger partial charge in [0.15, 0.2) is 6.10 Å². The molecule has 0 aromatic heterocycles. The number of ether oxygens (including phenoxy) is 2. The summed E-state index contributed by atoms with van der Waals surface area (Å²) in [5, 5.41) is 8.43. The van der Waals surface area contributed by atoms with Crippen LogP contribution in [0.4, 0.5) is 0 Å². The third kappa shape index (κ3) is 3.42. The summed E-state index contributed by atoms with van der Waals surface area (Å²) >= 11 is 0. The minimum absolute atomic E-state index is 0.100. The second kappa shape index (κ2) is 5.20. The van der Waals surface area contributed by atoms with E-state index in [0.29, 0.717) is 6.61 Å². The normalized spacial score (nSPS) is 13.0. The zero-order chi connectivity index (χ0) is 7.98. The van der Waals surface area contributed by atoms with Gasteiger partial charge in [-0.25, -0.2) is 4.79 Å². The topological polar surface area (TPSA) is 55.8 Å². The second-order valence-corrected chi connectivity index (χ2v) is 1.74. The molecule has 1 unspecified atom stereocenters. The van der Waals surface area contributed by atoms with Crippen molar-refractivity contribution < 1.29 is 19.4 Å². The maximum absolute atomic E-state index is 10.3. The molecule has 0 saturated carbocycles. The summed E-state index contributed by atoms with van der Waals surface area (Å²) < 4.78 is 9.43. The zero-order valence-corrected chi connectivity index (χ0v) is 6.16. The molecule has 0 aliphatic rings. The second-order valence-electron chi connectivity index (χ2n) is 1.74. The van der Waals surface area contributed by atoms with E-state index in [0.717, 1.165) is 0 Å². The number of carboxylic acid groups (broad SMARTS) is 1. The average molecular weight is 148 g/mol. The molecule has 0 bridgehead atoms. The lowest BCUT2D eigenvalue weighted by molar-refractivity contribution is -0.153. The minimum Gasteiger partial charge on any atom is -0.479 e. The van der Waals surface area contributed by atoms with Crippen molar-refractivity contribution in [2.75, 3.05) is 20.3 Å². The van der Waals surface area contributed by atoms with Crippen molar-refractivity contribution in [2.24, 2.45) is 0 Å². The molecule has 0 spiro atoms. The predicted octanol–water partition coefficient (Wildman–Crippen LogP) is 0.122. The van der Waals surface area contributed by atoms with Gasteiger partial charge in [-0.1, -0.05) is 0 Å². The van der Waals surface area contributed by atoms with Crippen molar-refractivity contribution in [3.8, 4) is 0 Å². The Morgan fingerprint density at radius 2 is 2.30 bits per heavy atom. The van der Waals surface area contributed by atoms with E-state index in [1.807, 2.05) is 0 Å². The first-order valence-electron chi connectivity index (χ1n) is 3.05. The molecule has 0 aromatic carbocycles. The van der Waals surface area contributed by atoms with E-state index in [-0.39, 0.29) is 6.61 Å². The molecule has 0 aliphatic heterocycles. The molecule has 1 atom stereocenters. The molecule has 0 radical (unpaired) electrons. The highest BCUT2D eigenvalue weighted by atomic mass is 16.5. The van der Waals surface area contributed by atoms with Gasteiger partial charge in [-0.3, -0.25) is 0 Å². The Labute approximate surface area is 59.7 Å². The van der Waals surface area contributed by atoms with Gasteiger partial charge in [0.05, 0.1) is 6.61 Å². The van der Waals surface area contributed by atoms with Crippen LogP contribution >= 0.6 is 0 Å². The zero-order valence-electron chi connectivity index (χ0n) is 6.16. The number of hydrogen-bond donors (Lipinski definition) is 1. The molecule has 1 N–H and O–H groups in total. The summed E-state index contributed by atoms with van der Waals surface area (Å²) in [6.45, 7) is 2.23. The van der Waals surface area contributed by atoms with Crippen LogP contribution in [-0.2, 0) is 14.3 Å². The predicted molar refractivity (Wildman–Crippen MR) is 34.9 cm³/mol. The fraction of sp³-hybridized carbons (Fsp3) is 0.833. The number of hydrogen-bond acceptors (Lipinski definition) is 3. The van der Waals surface area contributed by atoms with E-state index >= 15 is 0 Å². The van der Waals surface area contributed by atoms with Gasteiger partial charge >= 0.3 is 5.97 Å². The lowest BCUT2D eigenvalue weighted by atomic mass is 10.4. The van der Waals surface area contributed by atoms with Gasteiger partial charge < -0.3 is 14.6 Å². The molecule has 0 aliphatic carbocycles. The monoisotopic (exact) mass is 148 g/mol. The van der Waals surface area contributed by atoms with E-state index in [4.69, 9.17) is 9.84 Å². The molecular formula is C6H12O4. The molecule has 4 nitrogen and oxygen atoms in total. The summed E-state index contributed by atoms with van der Waals surface area (Å²) in [4.78, 5) is 10.3.